The first kappa shape index (κ1) is 35.0. The van der Waals surface area contributed by atoms with Gasteiger partial charge in [-0.1, -0.05) is 170 Å². The maximum absolute atomic E-state index is 5.61. The highest BCUT2D eigenvalue weighted by molar-refractivity contribution is 6.22. The molecule has 0 unspecified atom stereocenters. The number of fused-ring (bicyclic) bond motifs is 12. The summed E-state index contributed by atoms with van der Waals surface area (Å²) in [4.78, 5) is 11.0. The molecule has 14 aromatic rings. The molecule has 0 bridgehead atoms. The normalized spacial score (nSPS) is 12.1. The van der Waals surface area contributed by atoms with E-state index < -0.39 is 0 Å². The Balaban J connectivity index is 1.03. The Morgan fingerprint density at radius 1 is 0.297 bits per heavy atom. The smallest absolute Gasteiger partial charge is 0.0978 e. The highest BCUT2D eigenvalue weighted by atomic mass is 15.0. The fourth-order valence-corrected chi connectivity index (χ4v) is 10.8. The number of aromatic nitrogens is 4. The molecule has 0 atom stereocenters. The molecule has 0 saturated carbocycles. The van der Waals surface area contributed by atoms with Gasteiger partial charge in [-0.05, 0) is 64.9 Å². The van der Waals surface area contributed by atoms with Crippen LogP contribution in [-0.2, 0) is 0 Å². The Labute approximate surface area is 367 Å². The average Bonchev–Trinajstić information content (AvgIpc) is 3.87. The van der Waals surface area contributed by atoms with Crippen molar-refractivity contribution in [2.75, 3.05) is 0 Å². The van der Waals surface area contributed by atoms with Gasteiger partial charge in [-0.25, -0.2) is 9.97 Å². The molecule has 64 heavy (non-hydrogen) atoms. The summed E-state index contributed by atoms with van der Waals surface area (Å²) in [6.07, 6.45) is 0. The predicted octanol–water partition coefficient (Wildman–Crippen LogP) is 15.8. The van der Waals surface area contributed by atoms with Crippen molar-refractivity contribution < 1.29 is 0 Å². The van der Waals surface area contributed by atoms with Crippen LogP contribution in [0.3, 0.4) is 0 Å². The first-order valence-electron chi connectivity index (χ1n) is 21.9. The monoisotopic (exact) mass is 812 g/mol. The van der Waals surface area contributed by atoms with Gasteiger partial charge in [0.1, 0.15) is 0 Å². The average molecular weight is 813 g/mol. The molecule has 14 rings (SSSR count). The van der Waals surface area contributed by atoms with Crippen LogP contribution in [0.15, 0.2) is 218 Å². The van der Waals surface area contributed by atoms with Crippen LogP contribution in [0.4, 0.5) is 0 Å². The van der Waals surface area contributed by atoms with Gasteiger partial charge >= 0.3 is 0 Å². The summed E-state index contributed by atoms with van der Waals surface area (Å²) >= 11 is 0. The van der Waals surface area contributed by atoms with Gasteiger partial charge in [0.25, 0.3) is 0 Å². The summed E-state index contributed by atoms with van der Waals surface area (Å²) < 4.78 is 4.91. The van der Waals surface area contributed by atoms with Crippen LogP contribution in [0.2, 0.25) is 0 Å². The highest BCUT2D eigenvalue weighted by Gasteiger charge is 2.23. The molecule has 4 heterocycles. The lowest BCUT2D eigenvalue weighted by Gasteiger charge is -2.19. The van der Waals surface area contributed by atoms with Crippen molar-refractivity contribution in [3.63, 3.8) is 0 Å². The van der Waals surface area contributed by atoms with E-state index in [4.69, 9.17) is 9.97 Å². The number of nitrogens with zero attached hydrogens (tertiary/aromatic N) is 4. The summed E-state index contributed by atoms with van der Waals surface area (Å²) in [7, 11) is 0. The standard InChI is InChI=1S/C60H36N4/c1-2-16-37(17-3-1)56-47-25-8-12-26-50(47)61-59-48(56)33-30-38-31-34-51(62-58(38)59)57-43-21-4-6-23-45(43)60(46-24-7-5-22-44(46)57)64-54-29-15-11-20-42(54)49-36-39(32-35-55(49)64)63-52-27-13-9-18-40(52)41-19-10-14-28-53(41)63/h1-36H. The van der Waals surface area contributed by atoms with E-state index in [-0.39, 0.29) is 0 Å². The summed E-state index contributed by atoms with van der Waals surface area (Å²) in [5, 5.41) is 12.9. The number of rotatable bonds is 4. The SMILES string of the molecule is c1ccc(-c2c3ccccc3nc3c2ccc2ccc(-c4c5ccccc5c(-n5c6ccccc6c6cc(-n7c8ccccc8c8ccccc87)ccc65)c5ccccc45)nc23)cc1. The van der Waals surface area contributed by atoms with E-state index in [9.17, 15) is 0 Å². The molecule has 0 spiro atoms. The Morgan fingerprint density at radius 2 is 0.812 bits per heavy atom. The number of benzene rings is 10. The molecule has 4 heteroatoms. The first-order chi connectivity index (χ1) is 31.8. The third kappa shape index (κ3) is 4.93. The van der Waals surface area contributed by atoms with Crippen molar-refractivity contribution in [3.8, 4) is 33.8 Å². The topological polar surface area (TPSA) is 35.6 Å². The van der Waals surface area contributed by atoms with Crippen LogP contribution in [0.25, 0.3) is 132 Å². The highest BCUT2D eigenvalue weighted by Crippen LogP contribution is 2.45. The van der Waals surface area contributed by atoms with Crippen molar-refractivity contribution in [3.05, 3.63) is 218 Å². The first-order valence-corrected chi connectivity index (χ1v) is 21.9. The Kier molecular flexibility index (Phi) is 7.36. The Morgan fingerprint density at radius 3 is 1.48 bits per heavy atom. The number of hydrogen-bond acceptors (Lipinski definition) is 2. The maximum atomic E-state index is 5.61. The molecule has 0 aliphatic carbocycles. The third-order valence-electron chi connectivity index (χ3n) is 13.5. The van der Waals surface area contributed by atoms with Crippen molar-refractivity contribution in [1.82, 2.24) is 19.1 Å². The Bertz CT molecular complexity index is 4140. The molecule has 296 valence electrons. The lowest BCUT2D eigenvalue weighted by atomic mass is 9.92. The van der Waals surface area contributed by atoms with Gasteiger partial charge in [0.15, 0.2) is 0 Å². The van der Waals surface area contributed by atoms with Gasteiger partial charge in [-0.3, -0.25) is 0 Å². The fourth-order valence-electron chi connectivity index (χ4n) is 10.8. The molecule has 0 aliphatic rings. The summed E-state index contributed by atoms with van der Waals surface area (Å²) in [5.74, 6) is 0. The number of para-hydroxylation sites is 4. The molecular formula is C60H36N4. The molecule has 4 aromatic heterocycles. The van der Waals surface area contributed by atoms with Crippen LogP contribution < -0.4 is 0 Å². The molecule has 4 nitrogen and oxygen atoms in total. The minimum absolute atomic E-state index is 0.900. The minimum atomic E-state index is 0.900. The van der Waals surface area contributed by atoms with Gasteiger partial charge in [0, 0.05) is 65.3 Å². The van der Waals surface area contributed by atoms with Gasteiger partial charge in [0.2, 0.25) is 0 Å². The second-order valence-corrected chi connectivity index (χ2v) is 16.8. The van der Waals surface area contributed by atoms with E-state index in [1.165, 1.54) is 60.0 Å². The van der Waals surface area contributed by atoms with E-state index in [2.05, 4.69) is 228 Å². The van der Waals surface area contributed by atoms with Gasteiger partial charge < -0.3 is 9.13 Å². The molecule has 0 saturated heterocycles. The van der Waals surface area contributed by atoms with Gasteiger partial charge in [0.05, 0.1) is 50.0 Å². The van der Waals surface area contributed by atoms with Gasteiger partial charge in [-0.2, -0.15) is 0 Å². The largest absolute Gasteiger partial charge is 0.309 e. The van der Waals surface area contributed by atoms with Crippen molar-refractivity contribution in [1.29, 1.82) is 0 Å². The zero-order chi connectivity index (χ0) is 41.9. The van der Waals surface area contributed by atoms with Crippen LogP contribution >= 0.6 is 0 Å². The van der Waals surface area contributed by atoms with Crippen LogP contribution in [0, 0.1) is 0 Å². The van der Waals surface area contributed by atoms with Crippen molar-refractivity contribution in [2.45, 2.75) is 0 Å². The van der Waals surface area contributed by atoms with E-state index in [1.54, 1.807) is 0 Å². The maximum Gasteiger partial charge on any atom is 0.0978 e. The lowest BCUT2D eigenvalue weighted by Crippen LogP contribution is -2.00. The molecule has 0 N–H and O–H groups in total. The zero-order valence-electron chi connectivity index (χ0n) is 34.6. The molecule has 0 radical (unpaired) electrons. The number of pyridine rings is 2. The summed E-state index contributed by atoms with van der Waals surface area (Å²) in [5.41, 5.74) is 14.2. The van der Waals surface area contributed by atoms with E-state index in [0.29, 0.717) is 0 Å². The minimum Gasteiger partial charge on any atom is -0.309 e. The second kappa shape index (κ2) is 13.4. The quantitative estimate of drug-likeness (QED) is 0.131. The molecule has 10 aromatic carbocycles. The lowest BCUT2D eigenvalue weighted by molar-refractivity contribution is 1.18. The summed E-state index contributed by atoms with van der Waals surface area (Å²) in [6, 6.07) is 79.0. The predicted molar refractivity (Wildman–Crippen MR) is 269 cm³/mol. The fraction of sp³-hybridized carbons (Fsp3) is 0. The van der Waals surface area contributed by atoms with Crippen molar-refractivity contribution >= 4 is 97.9 Å². The second-order valence-electron chi connectivity index (χ2n) is 16.8. The molecule has 0 fully saturated rings. The van der Waals surface area contributed by atoms with Crippen molar-refractivity contribution in [2.24, 2.45) is 0 Å². The third-order valence-corrected chi connectivity index (χ3v) is 13.5. The molecule has 0 amide bonds. The van der Waals surface area contributed by atoms with E-state index in [1.807, 2.05) is 0 Å². The van der Waals surface area contributed by atoms with Crippen LogP contribution in [0.1, 0.15) is 0 Å². The van der Waals surface area contributed by atoms with Crippen LogP contribution in [0.5, 0.6) is 0 Å². The molecular weight excluding hydrogens is 777 g/mol. The zero-order valence-corrected chi connectivity index (χ0v) is 34.6. The van der Waals surface area contributed by atoms with Gasteiger partial charge in [-0.15, -0.1) is 0 Å². The van der Waals surface area contributed by atoms with E-state index in [0.717, 1.165) is 71.6 Å². The number of hydrogen-bond donors (Lipinski definition) is 0. The van der Waals surface area contributed by atoms with Crippen LogP contribution in [-0.4, -0.2) is 19.1 Å². The van der Waals surface area contributed by atoms with E-state index >= 15 is 0 Å². The summed E-state index contributed by atoms with van der Waals surface area (Å²) in [6.45, 7) is 0. The molecule has 0 aliphatic heterocycles. The Hall–Kier alpha value is -8.60.